The number of carbonyl (C=O) groups is 2. The number of hydrogen-bond donors (Lipinski definition) is 1. The molecule has 2 aromatic carbocycles. The van der Waals surface area contributed by atoms with Crippen LogP contribution >= 0.6 is 0 Å². The third-order valence-electron chi connectivity index (χ3n) is 4.95. The van der Waals surface area contributed by atoms with E-state index in [1.165, 1.54) is 0 Å². The van der Waals surface area contributed by atoms with Gasteiger partial charge in [-0.1, -0.05) is 78.9 Å². The van der Waals surface area contributed by atoms with E-state index in [0.717, 1.165) is 16.0 Å². The van der Waals surface area contributed by atoms with E-state index in [9.17, 15) is 14.7 Å². The molecule has 5 nitrogen and oxygen atoms in total. The summed E-state index contributed by atoms with van der Waals surface area (Å²) in [6.45, 7) is 3.84. The van der Waals surface area contributed by atoms with Gasteiger partial charge in [-0.05, 0) is 24.0 Å². The molecule has 0 aliphatic carbocycles. The largest absolute Gasteiger partial charge is 0.447 e. The summed E-state index contributed by atoms with van der Waals surface area (Å²) in [4.78, 5) is 26.6. The van der Waals surface area contributed by atoms with Gasteiger partial charge in [-0.15, -0.1) is 6.58 Å². The molecule has 1 fully saturated rings. The molecule has 3 rings (SSSR count). The molecule has 1 aliphatic rings. The van der Waals surface area contributed by atoms with Gasteiger partial charge in [0, 0.05) is 0 Å². The Labute approximate surface area is 170 Å². The third-order valence-corrected chi connectivity index (χ3v) is 4.95. The summed E-state index contributed by atoms with van der Waals surface area (Å²) >= 11 is 0. The van der Waals surface area contributed by atoms with Gasteiger partial charge in [0.1, 0.15) is 6.61 Å². The summed E-state index contributed by atoms with van der Waals surface area (Å²) in [7, 11) is 0. The molecule has 0 radical (unpaired) electrons. The molecule has 0 spiro atoms. The molecule has 1 N–H and O–H groups in total. The monoisotopic (exact) mass is 391 g/mol. The maximum Gasteiger partial charge on any atom is 0.416 e. The molecule has 1 aliphatic heterocycles. The number of imide groups is 1. The minimum Gasteiger partial charge on any atom is -0.447 e. The van der Waals surface area contributed by atoms with Gasteiger partial charge in [-0.3, -0.25) is 4.79 Å². The maximum atomic E-state index is 13.2. The molecule has 0 aromatic heterocycles. The number of allylic oxidation sites excluding steroid dienone is 1. The van der Waals surface area contributed by atoms with Crippen LogP contribution in [0, 0.1) is 5.92 Å². The number of benzene rings is 2. The van der Waals surface area contributed by atoms with Crippen LogP contribution in [0.3, 0.4) is 0 Å². The normalized spacial score (nSPS) is 18.4. The van der Waals surface area contributed by atoms with E-state index in [4.69, 9.17) is 4.74 Å². The predicted octanol–water partition coefficient (Wildman–Crippen LogP) is 3.84. The SMILES string of the molecule is C=CC[C@H](C(=O)N1C(=O)OC[C@H]1Cc1ccccc1)[C@@H](O)C=Cc1ccccc1. The summed E-state index contributed by atoms with van der Waals surface area (Å²) in [5.41, 5.74) is 1.93. The van der Waals surface area contributed by atoms with Gasteiger partial charge in [0.05, 0.1) is 18.1 Å². The van der Waals surface area contributed by atoms with Crippen molar-refractivity contribution in [3.63, 3.8) is 0 Å². The number of hydrogen-bond acceptors (Lipinski definition) is 4. The summed E-state index contributed by atoms with van der Waals surface area (Å²) < 4.78 is 5.15. The fraction of sp³-hybridized carbons (Fsp3) is 0.250. The second-order valence-corrected chi connectivity index (χ2v) is 7.02. The molecule has 1 heterocycles. The first-order valence-corrected chi connectivity index (χ1v) is 9.66. The van der Waals surface area contributed by atoms with Crippen molar-refractivity contribution in [2.75, 3.05) is 6.61 Å². The van der Waals surface area contributed by atoms with Crippen molar-refractivity contribution in [2.24, 2.45) is 5.92 Å². The fourth-order valence-corrected chi connectivity index (χ4v) is 3.42. The first-order chi connectivity index (χ1) is 14.1. The third kappa shape index (κ3) is 5.21. The lowest BCUT2D eigenvalue weighted by Gasteiger charge is -2.26. The minimum absolute atomic E-state index is 0.149. The van der Waals surface area contributed by atoms with Gasteiger partial charge < -0.3 is 9.84 Å². The highest BCUT2D eigenvalue weighted by Crippen LogP contribution is 2.24. The van der Waals surface area contributed by atoms with Crippen LogP contribution in [0.15, 0.2) is 79.4 Å². The molecule has 2 amide bonds. The van der Waals surface area contributed by atoms with Crippen LogP contribution in [0.25, 0.3) is 6.08 Å². The first-order valence-electron chi connectivity index (χ1n) is 9.66. The van der Waals surface area contributed by atoms with Crippen LogP contribution in [0.1, 0.15) is 17.5 Å². The Morgan fingerprint density at radius 2 is 1.83 bits per heavy atom. The maximum absolute atomic E-state index is 13.2. The van der Waals surface area contributed by atoms with Crippen molar-refractivity contribution >= 4 is 18.1 Å². The van der Waals surface area contributed by atoms with Crippen molar-refractivity contribution in [3.05, 3.63) is 90.5 Å². The Hall–Kier alpha value is -3.18. The van der Waals surface area contributed by atoms with Crippen LogP contribution < -0.4 is 0 Å². The molecular weight excluding hydrogens is 366 g/mol. The van der Waals surface area contributed by atoms with Crippen molar-refractivity contribution in [1.29, 1.82) is 0 Å². The summed E-state index contributed by atoms with van der Waals surface area (Å²) in [5, 5.41) is 10.7. The van der Waals surface area contributed by atoms with Gasteiger partial charge in [0.25, 0.3) is 0 Å². The number of cyclic esters (lactones) is 1. The summed E-state index contributed by atoms with van der Waals surface area (Å²) in [5.74, 6) is -1.25. The Kier molecular flexibility index (Phi) is 6.98. The summed E-state index contributed by atoms with van der Waals surface area (Å²) in [6, 6.07) is 18.8. The van der Waals surface area contributed by atoms with E-state index in [0.29, 0.717) is 6.42 Å². The van der Waals surface area contributed by atoms with E-state index in [2.05, 4.69) is 6.58 Å². The Morgan fingerprint density at radius 1 is 1.17 bits per heavy atom. The molecule has 5 heteroatoms. The fourth-order valence-electron chi connectivity index (χ4n) is 3.42. The van der Waals surface area contributed by atoms with E-state index in [-0.39, 0.29) is 13.0 Å². The van der Waals surface area contributed by atoms with E-state index in [1.54, 1.807) is 18.2 Å². The number of ether oxygens (including phenoxy) is 1. The van der Waals surface area contributed by atoms with Gasteiger partial charge in [0.2, 0.25) is 5.91 Å². The highest BCUT2D eigenvalue weighted by molar-refractivity contribution is 5.95. The number of rotatable bonds is 8. The first kappa shape index (κ1) is 20.6. The van der Waals surface area contributed by atoms with Crippen LogP contribution in [-0.4, -0.2) is 40.8 Å². The number of nitrogens with zero attached hydrogens (tertiary/aromatic N) is 1. The van der Waals surface area contributed by atoms with Crippen molar-refractivity contribution in [2.45, 2.75) is 25.0 Å². The highest BCUT2D eigenvalue weighted by atomic mass is 16.6. The quantitative estimate of drug-likeness (QED) is 0.694. The average Bonchev–Trinajstić information content (AvgIpc) is 3.11. The van der Waals surface area contributed by atoms with Crippen molar-refractivity contribution in [1.82, 2.24) is 4.90 Å². The Bertz CT molecular complexity index is 863. The summed E-state index contributed by atoms with van der Waals surface area (Å²) in [6.07, 6.45) is 3.97. The molecule has 29 heavy (non-hydrogen) atoms. The van der Waals surface area contributed by atoms with Crippen molar-refractivity contribution in [3.8, 4) is 0 Å². The molecule has 0 bridgehead atoms. The molecule has 0 saturated carbocycles. The lowest BCUT2D eigenvalue weighted by Crippen LogP contribution is -2.46. The van der Waals surface area contributed by atoms with Crippen LogP contribution in [-0.2, 0) is 16.0 Å². The smallest absolute Gasteiger partial charge is 0.416 e. The van der Waals surface area contributed by atoms with Crippen LogP contribution in [0.4, 0.5) is 4.79 Å². The molecule has 0 unspecified atom stereocenters. The number of aliphatic hydroxyl groups is 1. The topological polar surface area (TPSA) is 66.8 Å². The molecule has 2 aromatic rings. The minimum atomic E-state index is -1.05. The number of amides is 2. The average molecular weight is 391 g/mol. The van der Waals surface area contributed by atoms with Crippen LogP contribution in [0.5, 0.6) is 0 Å². The second kappa shape index (κ2) is 9.85. The zero-order valence-corrected chi connectivity index (χ0v) is 16.2. The number of carbonyl (C=O) groups excluding carboxylic acids is 2. The number of aliphatic hydroxyl groups excluding tert-OH is 1. The molecule has 3 atom stereocenters. The van der Waals surface area contributed by atoms with Gasteiger partial charge in [0.15, 0.2) is 0 Å². The van der Waals surface area contributed by atoms with Gasteiger partial charge >= 0.3 is 6.09 Å². The zero-order chi connectivity index (χ0) is 20.6. The van der Waals surface area contributed by atoms with Crippen LogP contribution in [0.2, 0.25) is 0 Å². The highest BCUT2D eigenvalue weighted by Gasteiger charge is 2.41. The van der Waals surface area contributed by atoms with E-state index >= 15 is 0 Å². The molecule has 150 valence electrons. The van der Waals surface area contributed by atoms with E-state index < -0.39 is 30.1 Å². The molecular formula is C24H25NO4. The van der Waals surface area contributed by atoms with E-state index in [1.807, 2.05) is 60.7 Å². The molecule has 1 saturated heterocycles. The lowest BCUT2D eigenvalue weighted by atomic mass is 9.94. The standard InChI is InChI=1S/C24H25NO4/c1-2-9-21(22(26)15-14-18-10-5-3-6-11-18)23(27)25-20(17-29-24(25)28)16-19-12-7-4-8-13-19/h2-8,10-15,20-22,26H,1,9,16-17H2/t20-,21+,22+/m1/s1. The second-order valence-electron chi connectivity index (χ2n) is 7.02. The zero-order valence-electron chi connectivity index (χ0n) is 16.2. The van der Waals surface area contributed by atoms with Gasteiger partial charge in [-0.25, -0.2) is 9.69 Å². The van der Waals surface area contributed by atoms with Crippen molar-refractivity contribution < 1.29 is 19.4 Å². The lowest BCUT2D eigenvalue weighted by molar-refractivity contribution is -0.136. The Morgan fingerprint density at radius 3 is 2.48 bits per heavy atom. The van der Waals surface area contributed by atoms with Gasteiger partial charge in [-0.2, -0.15) is 0 Å². The predicted molar refractivity (Wildman–Crippen MR) is 112 cm³/mol. The Balaban J connectivity index is 1.76.